The van der Waals surface area contributed by atoms with Gasteiger partial charge in [-0.05, 0) is 13.8 Å². The minimum absolute atomic E-state index is 0.0439. The monoisotopic (exact) mass is 216 g/mol. The molecule has 1 nitrogen and oxygen atoms in total. The molecule has 0 saturated carbocycles. The Morgan fingerprint density at radius 1 is 1.07 bits per heavy atom. The molecule has 0 unspecified atom stereocenters. The Morgan fingerprint density at radius 2 is 1.60 bits per heavy atom. The topological polar surface area (TPSA) is 9.23 Å². The molecule has 0 saturated heterocycles. The highest BCUT2D eigenvalue weighted by Crippen LogP contribution is 2.30. The van der Waals surface area contributed by atoms with Gasteiger partial charge in [-0.3, -0.25) is 0 Å². The van der Waals surface area contributed by atoms with Crippen LogP contribution in [0.15, 0.2) is 12.7 Å². The molecule has 0 radical (unpaired) electrons. The molecule has 0 fully saturated rings. The highest BCUT2D eigenvalue weighted by Gasteiger charge is 2.20. The fourth-order valence-electron chi connectivity index (χ4n) is 1.17. The van der Waals surface area contributed by atoms with Gasteiger partial charge < -0.3 is 4.74 Å². The van der Waals surface area contributed by atoms with Crippen LogP contribution in [0.3, 0.4) is 0 Å². The summed E-state index contributed by atoms with van der Waals surface area (Å²) in [4.78, 5) is 0. The molecule has 4 heteroatoms. The smallest absolute Gasteiger partial charge is 0.171 e. The van der Waals surface area contributed by atoms with E-state index in [1.54, 1.807) is 0 Å². The van der Waals surface area contributed by atoms with Crippen molar-refractivity contribution in [1.29, 1.82) is 0 Å². The summed E-state index contributed by atoms with van der Waals surface area (Å²) >= 11 is 0. The molecule has 0 amide bonds. The van der Waals surface area contributed by atoms with E-state index < -0.39 is 17.5 Å². The van der Waals surface area contributed by atoms with Crippen molar-refractivity contribution < 1.29 is 17.9 Å². The zero-order valence-electron chi connectivity index (χ0n) is 8.53. The molecule has 0 aliphatic rings. The zero-order valence-corrected chi connectivity index (χ0v) is 8.53. The maximum atomic E-state index is 13.5. The first-order valence-corrected chi connectivity index (χ1v) is 4.38. The van der Waals surface area contributed by atoms with Gasteiger partial charge in [0.15, 0.2) is 23.2 Å². The van der Waals surface area contributed by atoms with E-state index in [0.717, 1.165) is 6.92 Å². The average molecular weight is 216 g/mol. The van der Waals surface area contributed by atoms with Gasteiger partial charge in [0.1, 0.15) is 6.61 Å². The van der Waals surface area contributed by atoms with Crippen LogP contribution in [0.5, 0.6) is 5.75 Å². The van der Waals surface area contributed by atoms with Gasteiger partial charge in [0.2, 0.25) is 0 Å². The lowest BCUT2D eigenvalue weighted by molar-refractivity contribution is 0.330. The van der Waals surface area contributed by atoms with Crippen LogP contribution in [-0.4, -0.2) is 6.61 Å². The minimum Gasteiger partial charge on any atom is -0.486 e. The lowest BCUT2D eigenvalue weighted by Crippen LogP contribution is -2.05. The predicted molar refractivity (Wildman–Crippen MR) is 51.5 cm³/mol. The van der Waals surface area contributed by atoms with Crippen LogP contribution >= 0.6 is 0 Å². The van der Waals surface area contributed by atoms with E-state index in [2.05, 4.69) is 6.58 Å². The number of ether oxygens (including phenoxy) is 1. The summed E-state index contributed by atoms with van der Waals surface area (Å²) in [6.45, 7) is 5.85. The third-order valence-electron chi connectivity index (χ3n) is 2.07. The Bertz CT molecular complexity index is 370. The normalized spacial score (nSPS) is 10.2. The third-order valence-corrected chi connectivity index (χ3v) is 2.07. The maximum Gasteiger partial charge on any atom is 0.171 e. The fraction of sp³-hybridized carbons (Fsp3) is 0.273. The largest absolute Gasteiger partial charge is 0.486 e. The number of hydrogen-bond acceptors (Lipinski definition) is 1. The van der Waals surface area contributed by atoms with Crippen LogP contribution in [0.4, 0.5) is 13.2 Å². The van der Waals surface area contributed by atoms with Gasteiger partial charge in [0.05, 0.1) is 0 Å². The fourth-order valence-corrected chi connectivity index (χ4v) is 1.17. The molecule has 0 spiro atoms. The quantitative estimate of drug-likeness (QED) is 0.556. The Labute approximate surface area is 86.2 Å². The highest BCUT2D eigenvalue weighted by atomic mass is 19.2. The van der Waals surface area contributed by atoms with Crippen molar-refractivity contribution in [3.8, 4) is 5.75 Å². The summed E-state index contributed by atoms with van der Waals surface area (Å²) < 4.78 is 44.7. The summed E-state index contributed by atoms with van der Waals surface area (Å²) in [5.74, 6) is -3.37. The van der Waals surface area contributed by atoms with Crippen molar-refractivity contribution in [2.75, 3.05) is 6.61 Å². The Kier molecular flexibility index (Phi) is 3.39. The molecular weight excluding hydrogens is 205 g/mol. The van der Waals surface area contributed by atoms with Crippen LogP contribution in [0.2, 0.25) is 0 Å². The summed E-state index contributed by atoms with van der Waals surface area (Å²) in [6.07, 6.45) is 1.40. The van der Waals surface area contributed by atoms with E-state index in [1.807, 2.05) is 0 Å². The molecule has 1 rings (SSSR count). The van der Waals surface area contributed by atoms with E-state index >= 15 is 0 Å². The number of rotatable bonds is 3. The lowest BCUT2D eigenvalue weighted by atomic mass is 10.1. The summed E-state index contributed by atoms with van der Waals surface area (Å²) in [5.41, 5.74) is -0.547. The number of hydrogen-bond donors (Lipinski definition) is 0. The SMILES string of the molecule is C=CCOc1c(C)c(F)c(F)c(C)c1F. The summed E-state index contributed by atoms with van der Waals surface area (Å²) in [6, 6.07) is 0. The van der Waals surface area contributed by atoms with Gasteiger partial charge in [0, 0.05) is 11.1 Å². The first kappa shape index (κ1) is 11.6. The molecule has 0 aromatic heterocycles. The van der Waals surface area contributed by atoms with Gasteiger partial charge in [0.25, 0.3) is 0 Å². The first-order chi connectivity index (χ1) is 7.00. The molecule has 82 valence electrons. The van der Waals surface area contributed by atoms with Crippen LogP contribution in [0.25, 0.3) is 0 Å². The Hall–Kier alpha value is -1.45. The van der Waals surface area contributed by atoms with Gasteiger partial charge in [-0.25, -0.2) is 13.2 Å². The molecule has 0 aliphatic carbocycles. The Balaban J connectivity index is 3.31. The second kappa shape index (κ2) is 4.38. The maximum absolute atomic E-state index is 13.5. The van der Waals surface area contributed by atoms with Gasteiger partial charge >= 0.3 is 0 Å². The molecule has 0 bridgehead atoms. The van der Waals surface area contributed by atoms with Gasteiger partial charge in [-0.2, -0.15) is 0 Å². The van der Waals surface area contributed by atoms with Crippen LogP contribution in [-0.2, 0) is 0 Å². The van der Waals surface area contributed by atoms with Crippen LogP contribution < -0.4 is 4.74 Å². The molecule has 0 N–H and O–H groups in total. The standard InChI is InChI=1S/C11H11F3O/c1-4-5-15-11-7(3)9(13)8(12)6(2)10(11)14/h4H,1,5H2,2-3H3. The van der Waals surface area contributed by atoms with Crippen molar-refractivity contribution >= 4 is 0 Å². The van der Waals surface area contributed by atoms with Crippen LogP contribution in [0.1, 0.15) is 11.1 Å². The second-order valence-corrected chi connectivity index (χ2v) is 3.12. The highest BCUT2D eigenvalue weighted by molar-refractivity contribution is 5.40. The van der Waals surface area contributed by atoms with E-state index in [0.29, 0.717) is 0 Å². The zero-order chi connectivity index (χ0) is 11.6. The lowest BCUT2D eigenvalue weighted by Gasteiger charge is -2.12. The molecule has 0 aliphatic heterocycles. The first-order valence-electron chi connectivity index (χ1n) is 4.38. The van der Waals surface area contributed by atoms with Crippen molar-refractivity contribution in [2.45, 2.75) is 13.8 Å². The summed E-state index contributed by atoms with van der Waals surface area (Å²) in [5, 5.41) is 0. The van der Waals surface area contributed by atoms with E-state index in [4.69, 9.17) is 4.74 Å². The second-order valence-electron chi connectivity index (χ2n) is 3.12. The molecule has 15 heavy (non-hydrogen) atoms. The van der Waals surface area contributed by atoms with E-state index in [-0.39, 0.29) is 23.5 Å². The number of halogens is 3. The molecular formula is C11H11F3O. The average Bonchev–Trinajstić information content (AvgIpc) is 2.24. The third kappa shape index (κ3) is 1.98. The van der Waals surface area contributed by atoms with Gasteiger partial charge in [-0.15, -0.1) is 0 Å². The molecule has 0 atom stereocenters. The van der Waals surface area contributed by atoms with Gasteiger partial charge in [-0.1, -0.05) is 12.7 Å². The van der Waals surface area contributed by atoms with E-state index in [1.165, 1.54) is 13.0 Å². The summed E-state index contributed by atoms with van der Waals surface area (Å²) in [7, 11) is 0. The van der Waals surface area contributed by atoms with Crippen molar-refractivity contribution in [3.63, 3.8) is 0 Å². The van der Waals surface area contributed by atoms with Crippen molar-refractivity contribution in [1.82, 2.24) is 0 Å². The molecule has 0 heterocycles. The Morgan fingerprint density at radius 3 is 2.13 bits per heavy atom. The molecule has 1 aromatic rings. The van der Waals surface area contributed by atoms with Crippen molar-refractivity contribution in [3.05, 3.63) is 41.2 Å². The molecule has 1 aromatic carbocycles. The van der Waals surface area contributed by atoms with Crippen molar-refractivity contribution in [2.24, 2.45) is 0 Å². The number of benzene rings is 1. The van der Waals surface area contributed by atoms with Crippen LogP contribution in [0, 0.1) is 31.3 Å². The van der Waals surface area contributed by atoms with E-state index in [9.17, 15) is 13.2 Å². The minimum atomic E-state index is -1.17. The predicted octanol–water partition coefficient (Wildman–Crippen LogP) is 3.29.